The van der Waals surface area contributed by atoms with E-state index in [0.29, 0.717) is 12.4 Å². The summed E-state index contributed by atoms with van der Waals surface area (Å²) < 4.78 is 11.0. The molecule has 116 valence electrons. The van der Waals surface area contributed by atoms with Crippen molar-refractivity contribution in [2.45, 2.75) is 38.9 Å². The zero-order chi connectivity index (χ0) is 15.8. The van der Waals surface area contributed by atoms with Crippen molar-refractivity contribution >= 4 is 21.9 Å². The van der Waals surface area contributed by atoms with Gasteiger partial charge >= 0.3 is 5.97 Å². The Kier molecular flexibility index (Phi) is 7.51. The number of ether oxygens (including phenoxy) is 2. The lowest BCUT2D eigenvalue weighted by molar-refractivity contribution is -0.142. The van der Waals surface area contributed by atoms with E-state index in [4.69, 9.17) is 9.47 Å². The molecular weight excluding hydrogens is 332 g/mol. The Bertz CT molecular complexity index is 493. The summed E-state index contributed by atoms with van der Waals surface area (Å²) in [4.78, 5) is 11.9. The molecule has 0 saturated heterocycles. The summed E-state index contributed by atoms with van der Waals surface area (Å²) in [5, 5.41) is 0. The largest absolute Gasteiger partial charge is 0.466 e. The lowest BCUT2D eigenvalue weighted by atomic mass is 10.1. The summed E-state index contributed by atoms with van der Waals surface area (Å²) in [6, 6.07) is 7.57. The van der Waals surface area contributed by atoms with Gasteiger partial charge < -0.3 is 9.47 Å². The normalized spacial score (nSPS) is 13.1. The monoisotopic (exact) mass is 354 g/mol. The van der Waals surface area contributed by atoms with Gasteiger partial charge in [-0.3, -0.25) is 4.79 Å². The molecular formula is C17H23BrO3. The number of esters is 1. The highest BCUT2D eigenvalue weighted by atomic mass is 79.9. The first-order valence-electron chi connectivity index (χ1n) is 7.21. The number of hydrogen-bond donors (Lipinski definition) is 0. The van der Waals surface area contributed by atoms with Gasteiger partial charge in [-0.2, -0.15) is 0 Å². The van der Waals surface area contributed by atoms with Crippen molar-refractivity contribution in [3.05, 3.63) is 41.7 Å². The third-order valence-corrected chi connectivity index (χ3v) is 3.07. The zero-order valence-electron chi connectivity index (χ0n) is 13.1. The van der Waals surface area contributed by atoms with Crippen molar-refractivity contribution in [3.8, 4) is 5.75 Å². The number of carbonyl (C=O) groups excluding carboxylic acids is 1. The van der Waals surface area contributed by atoms with Crippen LogP contribution >= 0.6 is 15.9 Å². The molecule has 0 aliphatic rings. The fourth-order valence-electron chi connectivity index (χ4n) is 1.81. The first-order chi connectivity index (χ1) is 9.93. The average molecular weight is 355 g/mol. The maximum absolute atomic E-state index is 11.7. The Balaban J connectivity index is 2.94. The molecule has 1 unspecified atom stereocenters. The standard InChI is InChI=1S/C17H23BrO3/c1-5-20-17(19)11-14-8-6-7-9-15(14)21-16(12(2)3)10-13(4)18/h6-10,12-13H,5,11H2,1-4H3/b16-10+. The number of benzene rings is 1. The minimum Gasteiger partial charge on any atom is -0.466 e. The van der Waals surface area contributed by atoms with E-state index >= 15 is 0 Å². The van der Waals surface area contributed by atoms with Crippen LogP contribution in [0.5, 0.6) is 5.75 Å². The van der Waals surface area contributed by atoms with E-state index in [2.05, 4.69) is 29.8 Å². The molecule has 0 heterocycles. The van der Waals surface area contributed by atoms with Gasteiger partial charge in [-0.25, -0.2) is 0 Å². The molecule has 1 aromatic rings. The molecule has 0 radical (unpaired) electrons. The fraction of sp³-hybridized carbons (Fsp3) is 0.471. The molecule has 0 aliphatic heterocycles. The van der Waals surface area contributed by atoms with E-state index < -0.39 is 0 Å². The fourth-order valence-corrected chi connectivity index (χ4v) is 2.08. The molecule has 0 saturated carbocycles. The van der Waals surface area contributed by atoms with Gasteiger partial charge in [0.2, 0.25) is 0 Å². The number of halogens is 1. The predicted octanol–water partition coefficient (Wildman–Crippen LogP) is 4.49. The van der Waals surface area contributed by atoms with Crippen molar-refractivity contribution in [2.75, 3.05) is 6.61 Å². The van der Waals surface area contributed by atoms with Crippen LogP contribution in [0.2, 0.25) is 0 Å². The van der Waals surface area contributed by atoms with Crippen molar-refractivity contribution in [3.63, 3.8) is 0 Å². The molecule has 21 heavy (non-hydrogen) atoms. The average Bonchev–Trinajstić information content (AvgIpc) is 2.39. The molecule has 0 spiro atoms. The van der Waals surface area contributed by atoms with Crippen LogP contribution in [-0.2, 0) is 16.0 Å². The van der Waals surface area contributed by atoms with Crippen molar-refractivity contribution in [2.24, 2.45) is 5.92 Å². The Hall–Kier alpha value is -1.29. The maximum Gasteiger partial charge on any atom is 0.310 e. The lowest BCUT2D eigenvalue weighted by Crippen LogP contribution is -2.10. The Labute approximate surface area is 135 Å². The quantitative estimate of drug-likeness (QED) is 0.411. The third kappa shape index (κ3) is 6.34. The van der Waals surface area contributed by atoms with Crippen LogP contribution in [0.3, 0.4) is 0 Å². The van der Waals surface area contributed by atoms with E-state index in [1.54, 1.807) is 6.92 Å². The van der Waals surface area contributed by atoms with Gasteiger partial charge in [-0.1, -0.05) is 48.0 Å². The van der Waals surface area contributed by atoms with Crippen LogP contribution < -0.4 is 4.74 Å². The van der Waals surface area contributed by atoms with Crippen LogP contribution in [0.1, 0.15) is 33.3 Å². The van der Waals surface area contributed by atoms with Gasteiger partial charge in [-0.05, 0) is 26.0 Å². The third-order valence-electron chi connectivity index (χ3n) is 2.80. The topological polar surface area (TPSA) is 35.5 Å². The number of carbonyl (C=O) groups is 1. The van der Waals surface area contributed by atoms with Gasteiger partial charge in [0, 0.05) is 16.3 Å². The second kappa shape index (κ2) is 8.88. The summed E-state index contributed by atoms with van der Waals surface area (Å²) in [6.07, 6.45) is 2.26. The van der Waals surface area contributed by atoms with Crippen LogP contribution in [0.15, 0.2) is 36.1 Å². The van der Waals surface area contributed by atoms with Crippen molar-refractivity contribution in [1.82, 2.24) is 0 Å². The van der Waals surface area contributed by atoms with Crippen LogP contribution in [0.25, 0.3) is 0 Å². The highest BCUT2D eigenvalue weighted by Crippen LogP contribution is 2.25. The van der Waals surface area contributed by atoms with Gasteiger partial charge in [0.25, 0.3) is 0 Å². The molecule has 0 aliphatic carbocycles. The number of rotatable bonds is 7. The van der Waals surface area contributed by atoms with Crippen molar-refractivity contribution < 1.29 is 14.3 Å². The highest BCUT2D eigenvalue weighted by molar-refractivity contribution is 9.09. The van der Waals surface area contributed by atoms with E-state index in [1.165, 1.54) is 0 Å². The Morgan fingerprint density at radius 3 is 2.52 bits per heavy atom. The molecule has 0 amide bonds. The molecule has 0 N–H and O–H groups in total. The van der Waals surface area contributed by atoms with Crippen LogP contribution in [0.4, 0.5) is 0 Å². The zero-order valence-corrected chi connectivity index (χ0v) is 14.6. The molecule has 1 aromatic carbocycles. The highest BCUT2D eigenvalue weighted by Gasteiger charge is 2.13. The van der Waals surface area contributed by atoms with Crippen LogP contribution in [0, 0.1) is 5.92 Å². The minimum atomic E-state index is -0.238. The second-order valence-corrected chi connectivity index (χ2v) is 6.54. The van der Waals surface area contributed by atoms with Gasteiger partial charge in [0.1, 0.15) is 11.5 Å². The molecule has 0 fully saturated rings. The SMILES string of the molecule is CCOC(=O)Cc1ccccc1O/C(=C/C(C)Br)C(C)C. The minimum absolute atomic E-state index is 0.221. The molecule has 0 aromatic heterocycles. The molecule has 0 bridgehead atoms. The van der Waals surface area contributed by atoms with Crippen LogP contribution in [-0.4, -0.2) is 17.4 Å². The summed E-state index contributed by atoms with van der Waals surface area (Å²) >= 11 is 3.51. The summed E-state index contributed by atoms with van der Waals surface area (Å²) in [5.41, 5.74) is 0.838. The van der Waals surface area contributed by atoms with Gasteiger partial charge in [0.05, 0.1) is 13.0 Å². The lowest BCUT2D eigenvalue weighted by Gasteiger charge is -2.17. The molecule has 3 nitrogen and oxygen atoms in total. The molecule has 4 heteroatoms. The number of alkyl halides is 1. The Morgan fingerprint density at radius 2 is 1.95 bits per heavy atom. The van der Waals surface area contributed by atoms with E-state index in [1.807, 2.05) is 37.3 Å². The summed E-state index contributed by atoms with van der Waals surface area (Å²) in [7, 11) is 0. The number of para-hydroxylation sites is 1. The number of hydrogen-bond acceptors (Lipinski definition) is 3. The maximum atomic E-state index is 11.7. The smallest absolute Gasteiger partial charge is 0.310 e. The Morgan fingerprint density at radius 1 is 1.29 bits per heavy atom. The number of allylic oxidation sites excluding steroid dienone is 2. The molecule has 1 rings (SSSR count). The first kappa shape index (κ1) is 17.8. The van der Waals surface area contributed by atoms with Gasteiger partial charge in [-0.15, -0.1) is 0 Å². The van der Waals surface area contributed by atoms with E-state index in [0.717, 1.165) is 11.3 Å². The van der Waals surface area contributed by atoms with Crippen molar-refractivity contribution in [1.29, 1.82) is 0 Å². The van der Waals surface area contributed by atoms with E-state index in [9.17, 15) is 4.79 Å². The van der Waals surface area contributed by atoms with E-state index in [-0.39, 0.29) is 23.1 Å². The first-order valence-corrected chi connectivity index (χ1v) is 8.12. The predicted molar refractivity (Wildman–Crippen MR) is 88.7 cm³/mol. The summed E-state index contributed by atoms with van der Waals surface area (Å²) in [5.74, 6) is 1.62. The molecule has 1 atom stereocenters. The summed E-state index contributed by atoms with van der Waals surface area (Å²) in [6.45, 7) is 8.39. The second-order valence-electron chi connectivity index (χ2n) is 5.09. The van der Waals surface area contributed by atoms with Gasteiger partial charge in [0.15, 0.2) is 0 Å².